The molecule has 2 unspecified atom stereocenters. The summed E-state index contributed by atoms with van der Waals surface area (Å²) < 4.78 is 10.6. The highest BCUT2D eigenvalue weighted by molar-refractivity contribution is 5.74. The molecule has 112 valence electrons. The van der Waals surface area contributed by atoms with Gasteiger partial charge in [0.05, 0.1) is 19.2 Å². The second-order valence-electron chi connectivity index (χ2n) is 5.49. The first kappa shape index (κ1) is 14.9. The Morgan fingerprint density at radius 2 is 2.30 bits per heavy atom. The molecule has 1 aliphatic heterocycles. The summed E-state index contributed by atoms with van der Waals surface area (Å²) >= 11 is 0. The fraction of sp³-hybridized carbons (Fsp3) is 0.643. The van der Waals surface area contributed by atoms with Crippen LogP contribution < -0.4 is 10.6 Å². The highest BCUT2D eigenvalue weighted by Gasteiger charge is 2.28. The van der Waals surface area contributed by atoms with Crippen LogP contribution in [0.4, 0.5) is 4.79 Å². The lowest BCUT2D eigenvalue weighted by Crippen LogP contribution is -2.47. The van der Waals surface area contributed by atoms with Crippen molar-refractivity contribution in [2.24, 2.45) is 0 Å². The monoisotopic (exact) mass is 282 g/mol. The zero-order chi connectivity index (χ0) is 14.8. The van der Waals surface area contributed by atoms with E-state index in [-0.39, 0.29) is 18.6 Å². The minimum atomic E-state index is -1.16. The predicted octanol–water partition coefficient (Wildman–Crippen LogP) is 1.19. The summed E-state index contributed by atoms with van der Waals surface area (Å²) in [4.78, 5) is 11.8. The van der Waals surface area contributed by atoms with Gasteiger partial charge in [-0.1, -0.05) is 0 Å². The normalized spacial score (nSPS) is 21.5. The number of rotatable bonds is 4. The number of nitrogens with one attached hydrogen (secondary N) is 2. The number of carbonyl (C=O) groups is 1. The van der Waals surface area contributed by atoms with Gasteiger partial charge in [0.2, 0.25) is 0 Å². The summed E-state index contributed by atoms with van der Waals surface area (Å²) in [6.07, 6.45) is 0.823. The van der Waals surface area contributed by atoms with E-state index < -0.39 is 5.60 Å². The van der Waals surface area contributed by atoms with Crippen LogP contribution in [0.1, 0.15) is 30.4 Å². The minimum Gasteiger partial charge on any atom is -0.466 e. The van der Waals surface area contributed by atoms with Crippen molar-refractivity contribution in [3.05, 3.63) is 23.2 Å². The van der Waals surface area contributed by atoms with Crippen molar-refractivity contribution in [2.75, 3.05) is 19.8 Å². The second-order valence-corrected chi connectivity index (χ2v) is 5.49. The molecule has 0 saturated carbocycles. The molecule has 1 aliphatic rings. The fourth-order valence-corrected chi connectivity index (χ4v) is 2.40. The van der Waals surface area contributed by atoms with Crippen molar-refractivity contribution in [3.63, 3.8) is 0 Å². The molecule has 20 heavy (non-hydrogen) atoms. The quantitative estimate of drug-likeness (QED) is 0.774. The average molecular weight is 282 g/mol. The van der Waals surface area contributed by atoms with Crippen molar-refractivity contribution in [2.45, 2.75) is 38.8 Å². The molecule has 0 spiro atoms. The van der Waals surface area contributed by atoms with E-state index in [2.05, 4.69) is 10.6 Å². The van der Waals surface area contributed by atoms with Gasteiger partial charge in [0.1, 0.15) is 17.1 Å². The Morgan fingerprint density at radius 1 is 1.55 bits per heavy atom. The summed E-state index contributed by atoms with van der Waals surface area (Å²) in [5.41, 5.74) is -0.467. The molecule has 6 heteroatoms. The van der Waals surface area contributed by atoms with Crippen LogP contribution in [-0.2, 0) is 10.3 Å². The molecule has 1 aromatic heterocycles. The lowest BCUT2D eigenvalue weighted by atomic mass is 9.96. The lowest BCUT2D eigenvalue weighted by molar-refractivity contribution is 0.0577. The van der Waals surface area contributed by atoms with Crippen molar-refractivity contribution < 1.29 is 19.1 Å². The zero-order valence-electron chi connectivity index (χ0n) is 12.2. The van der Waals surface area contributed by atoms with Crippen LogP contribution in [0.3, 0.4) is 0 Å². The standard InChI is InChI=1S/C14H22N2O4/c1-9-6-12(10(2)20-9)14(3,18)8-15-13(17)16-11-4-5-19-7-11/h6,11,18H,4-5,7-8H2,1-3H3,(H2,15,16,17). The molecule has 2 amide bonds. The summed E-state index contributed by atoms with van der Waals surface area (Å²) in [5.74, 6) is 1.41. The number of ether oxygens (including phenoxy) is 1. The van der Waals surface area contributed by atoms with Gasteiger partial charge in [-0.15, -0.1) is 0 Å². The zero-order valence-corrected chi connectivity index (χ0v) is 12.2. The van der Waals surface area contributed by atoms with E-state index in [1.807, 2.05) is 6.92 Å². The average Bonchev–Trinajstić information content (AvgIpc) is 2.97. The van der Waals surface area contributed by atoms with Gasteiger partial charge in [-0.2, -0.15) is 0 Å². The fourth-order valence-electron chi connectivity index (χ4n) is 2.40. The van der Waals surface area contributed by atoms with Gasteiger partial charge >= 0.3 is 6.03 Å². The van der Waals surface area contributed by atoms with Crippen molar-refractivity contribution in [1.82, 2.24) is 10.6 Å². The van der Waals surface area contributed by atoms with Gasteiger partial charge < -0.3 is 24.9 Å². The predicted molar refractivity (Wildman–Crippen MR) is 73.5 cm³/mol. The Labute approximate surface area is 118 Å². The Hall–Kier alpha value is -1.53. The molecule has 2 rings (SSSR count). The maximum Gasteiger partial charge on any atom is 0.315 e. The van der Waals surface area contributed by atoms with Crippen LogP contribution in [-0.4, -0.2) is 36.9 Å². The number of aliphatic hydroxyl groups is 1. The Kier molecular flexibility index (Phi) is 4.35. The maximum atomic E-state index is 11.8. The largest absolute Gasteiger partial charge is 0.466 e. The Bertz CT molecular complexity index is 476. The lowest BCUT2D eigenvalue weighted by Gasteiger charge is -2.24. The highest BCUT2D eigenvalue weighted by atomic mass is 16.5. The third kappa shape index (κ3) is 3.52. The summed E-state index contributed by atoms with van der Waals surface area (Å²) in [7, 11) is 0. The molecular formula is C14H22N2O4. The number of urea groups is 1. The molecule has 1 aromatic rings. The van der Waals surface area contributed by atoms with Crippen LogP contribution >= 0.6 is 0 Å². The van der Waals surface area contributed by atoms with Crippen molar-refractivity contribution in [1.29, 1.82) is 0 Å². The van der Waals surface area contributed by atoms with Gasteiger partial charge in [0.25, 0.3) is 0 Å². The number of carbonyl (C=O) groups excluding carboxylic acids is 1. The molecule has 1 saturated heterocycles. The highest BCUT2D eigenvalue weighted by Crippen LogP contribution is 2.26. The first-order valence-electron chi connectivity index (χ1n) is 6.80. The van der Waals surface area contributed by atoms with E-state index in [1.165, 1.54) is 0 Å². The second kappa shape index (κ2) is 5.85. The van der Waals surface area contributed by atoms with Gasteiger partial charge in [-0.25, -0.2) is 4.79 Å². The third-order valence-corrected chi connectivity index (χ3v) is 3.48. The molecule has 3 N–H and O–H groups in total. The van der Waals surface area contributed by atoms with Gasteiger partial charge in [0, 0.05) is 12.2 Å². The van der Waals surface area contributed by atoms with Crippen LogP contribution in [0.15, 0.2) is 10.5 Å². The van der Waals surface area contributed by atoms with Gasteiger partial charge in [0.15, 0.2) is 0 Å². The van der Waals surface area contributed by atoms with Crippen molar-refractivity contribution in [3.8, 4) is 0 Å². The Balaban J connectivity index is 1.88. The number of aryl methyl sites for hydroxylation is 2. The van der Waals surface area contributed by atoms with E-state index in [0.29, 0.717) is 24.5 Å². The molecular weight excluding hydrogens is 260 g/mol. The molecule has 0 bridgehead atoms. The molecule has 2 atom stereocenters. The van der Waals surface area contributed by atoms with E-state index in [1.54, 1.807) is 19.9 Å². The molecule has 6 nitrogen and oxygen atoms in total. The summed E-state index contributed by atoms with van der Waals surface area (Å²) in [6, 6.07) is 1.55. The SMILES string of the molecule is Cc1cc(C(C)(O)CNC(=O)NC2CCOC2)c(C)o1. The van der Waals surface area contributed by atoms with Crippen molar-refractivity contribution >= 4 is 6.03 Å². The Morgan fingerprint density at radius 3 is 2.85 bits per heavy atom. The summed E-state index contributed by atoms with van der Waals surface area (Å²) in [5, 5.41) is 16.0. The minimum absolute atomic E-state index is 0.0536. The van der Waals surface area contributed by atoms with Crippen LogP contribution in [0.5, 0.6) is 0 Å². The first-order valence-corrected chi connectivity index (χ1v) is 6.80. The van der Waals surface area contributed by atoms with Gasteiger partial charge in [-0.3, -0.25) is 0 Å². The van der Waals surface area contributed by atoms with E-state index in [9.17, 15) is 9.90 Å². The van der Waals surface area contributed by atoms with Crippen LogP contribution in [0.2, 0.25) is 0 Å². The van der Waals surface area contributed by atoms with Crippen LogP contribution in [0.25, 0.3) is 0 Å². The van der Waals surface area contributed by atoms with Gasteiger partial charge in [-0.05, 0) is 33.3 Å². The van der Waals surface area contributed by atoms with Crippen LogP contribution in [0, 0.1) is 13.8 Å². The maximum absolute atomic E-state index is 11.8. The number of hydrogen-bond donors (Lipinski definition) is 3. The number of hydrogen-bond acceptors (Lipinski definition) is 4. The van der Waals surface area contributed by atoms with E-state index >= 15 is 0 Å². The first-order chi connectivity index (χ1) is 9.38. The molecule has 0 aliphatic carbocycles. The molecule has 1 fully saturated rings. The molecule has 0 aromatic carbocycles. The smallest absolute Gasteiger partial charge is 0.315 e. The number of amides is 2. The third-order valence-electron chi connectivity index (χ3n) is 3.48. The topological polar surface area (TPSA) is 83.7 Å². The number of furan rings is 1. The summed E-state index contributed by atoms with van der Waals surface area (Å²) in [6.45, 7) is 6.62. The molecule has 0 radical (unpaired) electrons. The molecule has 2 heterocycles. The van der Waals surface area contributed by atoms with E-state index in [4.69, 9.17) is 9.15 Å². The van der Waals surface area contributed by atoms with E-state index in [0.717, 1.165) is 12.2 Å².